The van der Waals surface area contributed by atoms with Gasteiger partial charge < -0.3 is 9.05 Å². The monoisotopic (exact) mass is 533 g/mol. The van der Waals surface area contributed by atoms with E-state index in [-0.39, 0.29) is 5.41 Å². The summed E-state index contributed by atoms with van der Waals surface area (Å²) < 4.78 is 16.3. The Morgan fingerprint density at radius 1 is 0.615 bits per heavy atom. The normalized spacial score (nSPS) is 16.8. The SMILES string of the molecule is Cc1cccc(C)c1-c1ccc2c3c1OP(N(C)C)Oc1c(-c4c(C)cccc4C)ccc4c1C3(CC2)CC4. The van der Waals surface area contributed by atoms with E-state index in [4.69, 9.17) is 9.05 Å². The molecule has 0 bridgehead atoms. The lowest BCUT2D eigenvalue weighted by Crippen LogP contribution is -2.26. The topological polar surface area (TPSA) is 21.7 Å². The molecule has 0 aromatic heterocycles. The van der Waals surface area contributed by atoms with Crippen LogP contribution < -0.4 is 9.05 Å². The lowest BCUT2D eigenvalue weighted by molar-refractivity contribution is 0.388. The van der Waals surface area contributed by atoms with Crippen LogP contribution in [0.2, 0.25) is 0 Å². The summed E-state index contributed by atoms with van der Waals surface area (Å²) in [6.45, 7) is 8.86. The summed E-state index contributed by atoms with van der Waals surface area (Å²) in [6, 6.07) is 22.5. The molecule has 0 unspecified atom stereocenters. The summed E-state index contributed by atoms with van der Waals surface area (Å²) in [5.74, 6) is 2.08. The van der Waals surface area contributed by atoms with Gasteiger partial charge in [-0.2, -0.15) is 0 Å². The first-order valence-corrected chi connectivity index (χ1v) is 15.2. The molecule has 0 fully saturated rings. The summed E-state index contributed by atoms with van der Waals surface area (Å²) in [6.07, 6.45) is 4.36. The Morgan fingerprint density at radius 3 is 1.41 bits per heavy atom. The second-order valence-corrected chi connectivity index (χ2v) is 13.5. The van der Waals surface area contributed by atoms with Gasteiger partial charge in [0.25, 0.3) is 0 Å². The van der Waals surface area contributed by atoms with E-state index in [1.165, 1.54) is 66.8 Å². The molecule has 198 valence electrons. The fourth-order valence-electron chi connectivity index (χ4n) is 7.56. The zero-order valence-electron chi connectivity index (χ0n) is 23.8. The van der Waals surface area contributed by atoms with Crippen LogP contribution in [0.3, 0.4) is 0 Å². The highest BCUT2D eigenvalue weighted by molar-refractivity contribution is 7.45. The lowest BCUT2D eigenvalue weighted by atomic mass is 9.74. The fraction of sp³-hybridized carbons (Fsp3) is 0.314. The van der Waals surface area contributed by atoms with Crippen LogP contribution in [0.25, 0.3) is 22.3 Å². The minimum Gasteiger partial charge on any atom is -0.426 e. The molecule has 0 amide bonds. The van der Waals surface area contributed by atoms with Crippen molar-refractivity contribution in [1.29, 1.82) is 0 Å². The molecule has 0 radical (unpaired) electrons. The molecule has 0 saturated heterocycles. The van der Waals surface area contributed by atoms with E-state index in [0.29, 0.717) is 0 Å². The van der Waals surface area contributed by atoms with E-state index in [9.17, 15) is 0 Å². The Bertz CT molecular complexity index is 1490. The molecule has 1 heterocycles. The van der Waals surface area contributed by atoms with Gasteiger partial charge in [0.1, 0.15) is 11.5 Å². The molecule has 1 spiro atoms. The Labute approximate surface area is 233 Å². The van der Waals surface area contributed by atoms with Crippen LogP contribution in [0.5, 0.6) is 11.5 Å². The minimum absolute atomic E-state index is 0.0811. The van der Waals surface area contributed by atoms with Crippen molar-refractivity contribution < 1.29 is 9.05 Å². The van der Waals surface area contributed by atoms with E-state index in [1.54, 1.807) is 0 Å². The second-order valence-electron chi connectivity index (χ2n) is 11.8. The molecule has 3 aliphatic rings. The predicted molar refractivity (Wildman–Crippen MR) is 162 cm³/mol. The average Bonchev–Trinajstić information content (AvgIpc) is 3.45. The highest BCUT2D eigenvalue weighted by Crippen LogP contribution is 2.65. The minimum atomic E-state index is -1.38. The van der Waals surface area contributed by atoms with Crippen molar-refractivity contribution in [1.82, 2.24) is 4.67 Å². The number of rotatable bonds is 3. The van der Waals surface area contributed by atoms with E-state index in [2.05, 4.69) is 107 Å². The van der Waals surface area contributed by atoms with Gasteiger partial charge in [0.05, 0.1) is 0 Å². The Morgan fingerprint density at radius 2 is 1.03 bits per heavy atom. The summed E-state index contributed by atoms with van der Waals surface area (Å²) in [5.41, 5.74) is 15.7. The smallest absolute Gasteiger partial charge is 0.384 e. The van der Waals surface area contributed by atoms with Crippen molar-refractivity contribution >= 4 is 8.53 Å². The summed E-state index contributed by atoms with van der Waals surface area (Å²) in [5, 5.41) is 0. The van der Waals surface area contributed by atoms with Crippen molar-refractivity contribution in [2.45, 2.75) is 58.8 Å². The maximum atomic E-state index is 7.11. The molecule has 0 N–H and O–H groups in total. The van der Waals surface area contributed by atoms with Crippen LogP contribution in [-0.2, 0) is 18.3 Å². The third-order valence-electron chi connectivity index (χ3n) is 9.25. The number of hydrogen-bond donors (Lipinski definition) is 0. The Balaban J connectivity index is 1.57. The van der Waals surface area contributed by atoms with Gasteiger partial charge in [0, 0.05) is 27.7 Å². The second kappa shape index (κ2) is 8.95. The predicted octanol–water partition coefficient (Wildman–Crippen LogP) is 8.99. The molecule has 0 atom stereocenters. The Hall–Kier alpha value is -3.13. The zero-order valence-corrected chi connectivity index (χ0v) is 24.7. The van der Waals surface area contributed by atoms with Crippen LogP contribution in [0, 0.1) is 27.7 Å². The molecule has 4 aromatic carbocycles. The van der Waals surface area contributed by atoms with Gasteiger partial charge in [-0.05, 0) is 112 Å². The van der Waals surface area contributed by atoms with Gasteiger partial charge in [-0.25, -0.2) is 4.67 Å². The molecular formula is C35H36NO2P. The van der Waals surface area contributed by atoms with Gasteiger partial charge in [-0.3, -0.25) is 0 Å². The molecule has 7 rings (SSSR count). The molecule has 39 heavy (non-hydrogen) atoms. The maximum absolute atomic E-state index is 7.11. The number of aryl methyl sites for hydroxylation is 6. The summed E-state index contributed by atoms with van der Waals surface area (Å²) in [7, 11) is 2.77. The van der Waals surface area contributed by atoms with Gasteiger partial charge in [-0.1, -0.05) is 60.7 Å². The van der Waals surface area contributed by atoms with E-state index >= 15 is 0 Å². The van der Waals surface area contributed by atoms with Crippen LogP contribution in [0.15, 0.2) is 60.7 Å². The third-order valence-corrected chi connectivity index (χ3v) is 10.6. The molecule has 3 nitrogen and oxygen atoms in total. The first-order chi connectivity index (χ1) is 18.8. The first kappa shape index (κ1) is 24.9. The summed E-state index contributed by atoms with van der Waals surface area (Å²) in [4.78, 5) is 0. The van der Waals surface area contributed by atoms with Crippen LogP contribution in [0.4, 0.5) is 0 Å². The summed E-state index contributed by atoms with van der Waals surface area (Å²) >= 11 is 0. The lowest BCUT2D eigenvalue weighted by Gasteiger charge is -2.37. The van der Waals surface area contributed by atoms with Crippen molar-refractivity contribution in [3.63, 3.8) is 0 Å². The van der Waals surface area contributed by atoms with Crippen LogP contribution in [0.1, 0.15) is 57.3 Å². The highest BCUT2D eigenvalue weighted by Gasteiger charge is 2.51. The number of hydrogen-bond acceptors (Lipinski definition) is 3. The Kier molecular flexibility index (Phi) is 5.71. The molecule has 2 aliphatic carbocycles. The quantitative estimate of drug-likeness (QED) is 0.245. The first-order valence-electron chi connectivity index (χ1n) is 14.1. The number of nitrogens with zero attached hydrogens (tertiary/aromatic N) is 1. The molecule has 4 aromatic rings. The van der Waals surface area contributed by atoms with Crippen molar-refractivity contribution in [2.75, 3.05) is 14.1 Å². The van der Waals surface area contributed by atoms with E-state index in [0.717, 1.165) is 37.2 Å². The van der Waals surface area contributed by atoms with Gasteiger partial charge in [-0.15, -0.1) is 0 Å². The van der Waals surface area contributed by atoms with Crippen LogP contribution >= 0.6 is 8.53 Å². The molecular weight excluding hydrogens is 497 g/mol. The maximum Gasteiger partial charge on any atom is 0.384 e. The highest BCUT2D eigenvalue weighted by atomic mass is 31.2. The van der Waals surface area contributed by atoms with Gasteiger partial charge >= 0.3 is 8.53 Å². The molecule has 0 saturated carbocycles. The zero-order chi connectivity index (χ0) is 27.1. The largest absolute Gasteiger partial charge is 0.426 e. The van der Waals surface area contributed by atoms with Crippen molar-refractivity contribution in [3.8, 4) is 33.8 Å². The van der Waals surface area contributed by atoms with Gasteiger partial charge in [0.15, 0.2) is 0 Å². The number of benzene rings is 4. The third kappa shape index (κ3) is 3.56. The van der Waals surface area contributed by atoms with E-state index < -0.39 is 8.53 Å². The molecule has 4 heteroatoms. The average molecular weight is 534 g/mol. The van der Waals surface area contributed by atoms with E-state index in [1.807, 2.05) is 0 Å². The standard InChI is InChI=1S/C35H36NO2P/c1-21-9-7-10-22(2)29(21)27-15-13-25-17-19-35-20-18-26-14-16-28(30-23(3)11-8-12-24(30)4)34(32(26)35)38-39(36(5)6)37-33(27)31(25)35/h7-16H,17-20H2,1-6H3. The van der Waals surface area contributed by atoms with Gasteiger partial charge in [0.2, 0.25) is 0 Å². The van der Waals surface area contributed by atoms with Crippen molar-refractivity contribution in [3.05, 3.63) is 105 Å². The van der Waals surface area contributed by atoms with Crippen molar-refractivity contribution in [2.24, 2.45) is 0 Å². The van der Waals surface area contributed by atoms with Crippen LogP contribution in [-0.4, -0.2) is 18.8 Å². The fourth-order valence-corrected chi connectivity index (χ4v) is 8.61. The molecule has 1 aliphatic heterocycles.